The molecule has 0 aliphatic heterocycles. The highest BCUT2D eigenvalue weighted by molar-refractivity contribution is 9.10. The molecule has 0 fully saturated rings. The van der Waals surface area contributed by atoms with E-state index in [-0.39, 0.29) is 0 Å². The summed E-state index contributed by atoms with van der Waals surface area (Å²) in [6.45, 7) is 3.02. The molecule has 0 aliphatic carbocycles. The van der Waals surface area contributed by atoms with E-state index >= 15 is 0 Å². The minimum absolute atomic E-state index is 0.711. The van der Waals surface area contributed by atoms with Gasteiger partial charge in [-0.05, 0) is 42.8 Å². The average molecular weight is 365 g/mol. The molecule has 3 aromatic rings. The number of aryl methyl sites for hydroxylation is 1. The Balaban J connectivity index is 2.28. The Labute approximate surface area is 136 Å². The van der Waals surface area contributed by atoms with Gasteiger partial charge >= 0.3 is 0 Å². The van der Waals surface area contributed by atoms with Crippen molar-refractivity contribution in [2.75, 3.05) is 5.73 Å². The molecule has 1 aromatic heterocycles. The lowest BCUT2D eigenvalue weighted by Crippen LogP contribution is -2.01. The Hall–Kier alpha value is -1.52. The largest absolute Gasteiger partial charge is 0.398 e. The van der Waals surface area contributed by atoms with Crippen molar-refractivity contribution in [3.63, 3.8) is 0 Å². The van der Waals surface area contributed by atoms with Crippen LogP contribution in [0.15, 0.2) is 40.9 Å². The van der Waals surface area contributed by atoms with Crippen LogP contribution in [-0.4, -0.2) is 9.55 Å². The minimum atomic E-state index is 0.711. The Morgan fingerprint density at radius 3 is 2.76 bits per heavy atom. The Morgan fingerprint density at radius 2 is 2.05 bits per heavy atom. The van der Waals surface area contributed by atoms with Gasteiger partial charge in [-0.2, -0.15) is 0 Å². The fourth-order valence-corrected chi connectivity index (χ4v) is 3.03. The maximum Gasteiger partial charge on any atom is 0.143 e. The van der Waals surface area contributed by atoms with Gasteiger partial charge in [-0.3, -0.25) is 0 Å². The summed E-state index contributed by atoms with van der Waals surface area (Å²) in [5.74, 6) is 0.888. The maximum absolute atomic E-state index is 6.16. The molecule has 0 aliphatic rings. The monoisotopic (exact) mass is 363 g/mol. The van der Waals surface area contributed by atoms with Crippen molar-refractivity contribution in [1.29, 1.82) is 0 Å². The van der Waals surface area contributed by atoms with Gasteiger partial charge in [0.25, 0.3) is 0 Å². The van der Waals surface area contributed by atoms with E-state index in [4.69, 9.17) is 22.3 Å². The highest BCUT2D eigenvalue weighted by atomic mass is 79.9. The molecule has 108 valence electrons. The van der Waals surface area contributed by atoms with Gasteiger partial charge in [-0.15, -0.1) is 0 Å². The van der Waals surface area contributed by atoms with Crippen LogP contribution in [0.4, 0.5) is 5.69 Å². The highest BCUT2D eigenvalue weighted by Gasteiger charge is 2.14. The third kappa shape index (κ3) is 2.65. The topological polar surface area (TPSA) is 43.8 Å². The number of fused-ring (bicyclic) bond motifs is 1. The first-order valence-electron chi connectivity index (χ1n) is 6.81. The van der Waals surface area contributed by atoms with Crippen molar-refractivity contribution < 1.29 is 0 Å². The van der Waals surface area contributed by atoms with Gasteiger partial charge in [0, 0.05) is 27.3 Å². The molecule has 3 rings (SSSR count). The second-order valence-electron chi connectivity index (χ2n) is 4.95. The zero-order chi connectivity index (χ0) is 15.0. The van der Waals surface area contributed by atoms with E-state index in [0.29, 0.717) is 5.69 Å². The summed E-state index contributed by atoms with van der Waals surface area (Å²) in [6.07, 6.45) is 1.02. The lowest BCUT2D eigenvalue weighted by Gasteiger charge is -2.10. The van der Waals surface area contributed by atoms with E-state index in [1.165, 1.54) is 0 Å². The molecule has 0 spiro atoms. The Kier molecular flexibility index (Phi) is 3.91. The molecule has 0 atom stereocenters. The second kappa shape index (κ2) is 5.70. The van der Waals surface area contributed by atoms with Gasteiger partial charge in [0.05, 0.1) is 11.0 Å². The SMILES string of the molecule is CCCn1c(-c2ccc(Br)cc2N)nc2ccc(Cl)cc21. The molecule has 0 bridgehead atoms. The molecule has 5 heteroatoms. The number of halogens is 2. The number of imidazole rings is 1. The maximum atomic E-state index is 6.16. The number of aromatic nitrogens is 2. The fraction of sp³-hybridized carbons (Fsp3) is 0.188. The number of hydrogen-bond acceptors (Lipinski definition) is 2. The standard InChI is InChI=1S/C16H15BrClN3/c1-2-7-21-15-9-11(18)4-6-14(15)20-16(21)12-5-3-10(17)8-13(12)19/h3-6,8-9H,2,7,19H2,1H3. The van der Waals surface area contributed by atoms with Gasteiger partial charge in [0.15, 0.2) is 0 Å². The number of benzene rings is 2. The van der Waals surface area contributed by atoms with Gasteiger partial charge in [0.1, 0.15) is 5.82 Å². The predicted octanol–water partition coefficient (Wildman–Crippen LogP) is 5.11. The second-order valence-corrected chi connectivity index (χ2v) is 6.30. The van der Waals surface area contributed by atoms with E-state index < -0.39 is 0 Å². The average Bonchev–Trinajstić information content (AvgIpc) is 2.78. The van der Waals surface area contributed by atoms with E-state index in [0.717, 1.165) is 44.9 Å². The number of hydrogen-bond donors (Lipinski definition) is 1. The molecular weight excluding hydrogens is 350 g/mol. The van der Waals surface area contributed by atoms with Crippen LogP contribution in [0, 0.1) is 0 Å². The van der Waals surface area contributed by atoms with Gasteiger partial charge < -0.3 is 10.3 Å². The van der Waals surface area contributed by atoms with Crippen molar-refractivity contribution in [2.45, 2.75) is 19.9 Å². The van der Waals surface area contributed by atoms with Crippen LogP contribution in [0.2, 0.25) is 5.02 Å². The molecule has 0 amide bonds. The molecule has 1 heterocycles. The van der Waals surface area contributed by atoms with Crippen LogP contribution >= 0.6 is 27.5 Å². The highest BCUT2D eigenvalue weighted by Crippen LogP contribution is 2.32. The molecule has 0 radical (unpaired) electrons. The summed E-state index contributed by atoms with van der Waals surface area (Å²) in [4.78, 5) is 4.74. The zero-order valence-electron chi connectivity index (χ0n) is 11.6. The molecule has 2 N–H and O–H groups in total. The number of anilines is 1. The first-order chi connectivity index (χ1) is 10.1. The number of nitrogens with zero attached hydrogens (tertiary/aromatic N) is 2. The smallest absolute Gasteiger partial charge is 0.143 e. The van der Waals surface area contributed by atoms with Crippen molar-refractivity contribution >= 4 is 44.3 Å². The van der Waals surface area contributed by atoms with Crippen LogP contribution in [0.25, 0.3) is 22.4 Å². The summed E-state index contributed by atoms with van der Waals surface area (Å²) in [5, 5.41) is 0.718. The van der Waals surface area contributed by atoms with Crippen molar-refractivity contribution in [1.82, 2.24) is 9.55 Å². The summed E-state index contributed by atoms with van der Waals surface area (Å²) in [7, 11) is 0. The summed E-state index contributed by atoms with van der Waals surface area (Å²) in [6, 6.07) is 11.6. The Morgan fingerprint density at radius 1 is 1.24 bits per heavy atom. The summed E-state index contributed by atoms with van der Waals surface area (Å²) in [5.41, 5.74) is 9.79. The van der Waals surface area contributed by atoms with E-state index in [1.807, 2.05) is 36.4 Å². The van der Waals surface area contributed by atoms with Crippen LogP contribution in [-0.2, 0) is 6.54 Å². The quantitative estimate of drug-likeness (QED) is 0.656. The van der Waals surface area contributed by atoms with Gasteiger partial charge in [-0.1, -0.05) is 34.5 Å². The van der Waals surface area contributed by atoms with E-state index in [1.54, 1.807) is 0 Å². The fourth-order valence-electron chi connectivity index (χ4n) is 2.49. The third-order valence-corrected chi connectivity index (χ3v) is 4.14. The lowest BCUT2D eigenvalue weighted by molar-refractivity contribution is 0.704. The minimum Gasteiger partial charge on any atom is -0.398 e. The predicted molar refractivity (Wildman–Crippen MR) is 92.6 cm³/mol. The van der Waals surface area contributed by atoms with Crippen LogP contribution in [0.1, 0.15) is 13.3 Å². The van der Waals surface area contributed by atoms with Crippen molar-refractivity contribution in [3.8, 4) is 11.4 Å². The molecule has 0 saturated heterocycles. The molecule has 3 nitrogen and oxygen atoms in total. The molecule has 2 aromatic carbocycles. The number of rotatable bonds is 3. The molecule has 0 unspecified atom stereocenters. The first-order valence-corrected chi connectivity index (χ1v) is 7.98. The van der Waals surface area contributed by atoms with Crippen LogP contribution in [0.3, 0.4) is 0 Å². The molecular formula is C16H15BrClN3. The van der Waals surface area contributed by atoms with Gasteiger partial charge in [-0.25, -0.2) is 4.98 Å². The molecule has 0 saturated carbocycles. The number of nitrogens with two attached hydrogens (primary N) is 1. The third-order valence-electron chi connectivity index (χ3n) is 3.41. The van der Waals surface area contributed by atoms with E-state index in [2.05, 4.69) is 27.4 Å². The summed E-state index contributed by atoms with van der Waals surface area (Å²) < 4.78 is 3.14. The van der Waals surface area contributed by atoms with Gasteiger partial charge in [0.2, 0.25) is 0 Å². The first kappa shape index (κ1) is 14.4. The van der Waals surface area contributed by atoms with Crippen molar-refractivity contribution in [3.05, 3.63) is 45.9 Å². The van der Waals surface area contributed by atoms with Crippen molar-refractivity contribution in [2.24, 2.45) is 0 Å². The Bertz CT molecular complexity index is 811. The van der Waals surface area contributed by atoms with E-state index in [9.17, 15) is 0 Å². The normalized spacial score (nSPS) is 11.2. The lowest BCUT2D eigenvalue weighted by atomic mass is 10.1. The van der Waals surface area contributed by atoms with Crippen LogP contribution < -0.4 is 5.73 Å². The summed E-state index contributed by atoms with van der Waals surface area (Å²) >= 11 is 9.56. The van der Waals surface area contributed by atoms with Crippen LogP contribution in [0.5, 0.6) is 0 Å². The zero-order valence-corrected chi connectivity index (χ0v) is 13.9. The number of nitrogen functional groups attached to an aromatic ring is 1. The molecule has 21 heavy (non-hydrogen) atoms.